The molecule has 0 spiro atoms. The predicted octanol–water partition coefficient (Wildman–Crippen LogP) is 1.74. The third-order valence-corrected chi connectivity index (χ3v) is 2.43. The van der Waals surface area contributed by atoms with Gasteiger partial charge in [-0.3, -0.25) is 4.79 Å². The second kappa shape index (κ2) is 5.32. The topological polar surface area (TPSA) is 55.1 Å². The van der Waals surface area contributed by atoms with Gasteiger partial charge >= 0.3 is 0 Å². The molecule has 1 rings (SSSR count). The molecule has 0 aromatic heterocycles. The summed E-state index contributed by atoms with van der Waals surface area (Å²) in [5.41, 5.74) is 6.04. The van der Waals surface area contributed by atoms with E-state index in [-0.39, 0.29) is 18.0 Å². The Balaban J connectivity index is 2.68. The van der Waals surface area contributed by atoms with Gasteiger partial charge in [0.15, 0.2) is 0 Å². The van der Waals surface area contributed by atoms with E-state index in [1.165, 1.54) is 0 Å². The van der Waals surface area contributed by atoms with E-state index in [4.69, 9.17) is 17.3 Å². The maximum atomic E-state index is 11.2. The molecule has 0 heterocycles. The number of carbonyl (C=O) groups is 1. The fraction of sp³-hybridized carbons (Fsp3) is 0.417. The molecule has 0 saturated carbocycles. The van der Waals surface area contributed by atoms with Crippen LogP contribution in [-0.4, -0.2) is 18.0 Å². The molecule has 0 atom stereocenters. The third kappa shape index (κ3) is 4.21. The van der Waals surface area contributed by atoms with E-state index in [1.807, 2.05) is 38.1 Å². The summed E-state index contributed by atoms with van der Waals surface area (Å²) in [6, 6.07) is 7.62. The molecule has 0 radical (unpaired) electrons. The minimum atomic E-state index is -0.318. The molecule has 1 aromatic carbocycles. The summed E-state index contributed by atoms with van der Waals surface area (Å²) in [5.74, 6) is -0.146. The Kier molecular flexibility index (Phi) is 4.33. The highest BCUT2D eigenvalue weighted by molar-refractivity contribution is 6.30. The molecule has 0 bridgehead atoms. The Morgan fingerprint density at radius 2 is 2.19 bits per heavy atom. The summed E-state index contributed by atoms with van der Waals surface area (Å²) in [5, 5.41) is 3.57. The zero-order valence-corrected chi connectivity index (χ0v) is 10.3. The number of rotatable bonds is 4. The molecule has 0 aliphatic rings. The van der Waals surface area contributed by atoms with Gasteiger partial charge in [-0.25, -0.2) is 0 Å². The van der Waals surface area contributed by atoms with E-state index in [1.54, 1.807) is 0 Å². The summed E-state index contributed by atoms with van der Waals surface area (Å²) in [7, 11) is 0. The van der Waals surface area contributed by atoms with Gasteiger partial charge in [0.05, 0.1) is 6.54 Å². The normalized spacial score (nSPS) is 11.2. The van der Waals surface area contributed by atoms with E-state index in [9.17, 15) is 4.79 Å². The SMILES string of the molecule is CC(C)(Cc1cccc(Cl)c1)NC(=O)CN. The molecule has 88 valence electrons. The molecule has 0 aliphatic heterocycles. The number of nitrogens with two attached hydrogens (primary N) is 1. The van der Waals surface area contributed by atoms with Crippen molar-refractivity contribution in [2.45, 2.75) is 25.8 Å². The zero-order valence-electron chi connectivity index (χ0n) is 9.59. The summed E-state index contributed by atoms with van der Waals surface area (Å²) in [4.78, 5) is 11.2. The van der Waals surface area contributed by atoms with Crippen molar-refractivity contribution in [2.75, 3.05) is 6.54 Å². The molecule has 3 nitrogen and oxygen atoms in total. The number of amides is 1. The molecule has 0 unspecified atom stereocenters. The van der Waals surface area contributed by atoms with Crippen LogP contribution in [0.1, 0.15) is 19.4 Å². The largest absolute Gasteiger partial charge is 0.350 e. The van der Waals surface area contributed by atoms with E-state index in [0.717, 1.165) is 12.0 Å². The summed E-state index contributed by atoms with van der Waals surface area (Å²) in [6.07, 6.45) is 0.722. The van der Waals surface area contributed by atoms with Crippen LogP contribution >= 0.6 is 11.6 Å². The van der Waals surface area contributed by atoms with Crippen molar-refractivity contribution in [2.24, 2.45) is 5.73 Å². The Labute approximate surface area is 101 Å². The number of nitrogens with one attached hydrogen (secondary N) is 1. The van der Waals surface area contributed by atoms with E-state index in [2.05, 4.69) is 5.32 Å². The lowest BCUT2D eigenvalue weighted by Crippen LogP contribution is -2.47. The van der Waals surface area contributed by atoms with Crippen LogP contribution in [0, 0.1) is 0 Å². The Morgan fingerprint density at radius 3 is 2.75 bits per heavy atom. The van der Waals surface area contributed by atoms with Gasteiger partial charge in [-0.2, -0.15) is 0 Å². The second-order valence-corrected chi connectivity index (χ2v) is 4.88. The van der Waals surface area contributed by atoms with Gasteiger partial charge in [0.2, 0.25) is 5.91 Å². The molecule has 16 heavy (non-hydrogen) atoms. The lowest BCUT2D eigenvalue weighted by molar-refractivity contribution is -0.121. The first kappa shape index (κ1) is 13.0. The van der Waals surface area contributed by atoms with Crippen molar-refractivity contribution >= 4 is 17.5 Å². The fourth-order valence-corrected chi connectivity index (χ4v) is 1.84. The van der Waals surface area contributed by atoms with Gasteiger partial charge in [-0.05, 0) is 38.0 Å². The average molecular weight is 241 g/mol. The molecule has 3 N–H and O–H groups in total. The minimum absolute atomic E-state index is 0.0129. The van der Waals surface area contributed by atoms with Crippen molar-refractivity contribution < 1.29 is 4.79 Å². The highest BCUT2D eigenvalue weighted by Gasteiger charge is 2.20. The van der Waals surface area contributed by atoms with E-state index >= 15 is 0 Å². The summed E-state index contributed by atoms with van der Waals surface area (Å²) in [6.45, 7) is 3.93. The van der Waals surface area contributed by atoms with Crippen LogP contribution in [0.3, 0.4) is 0 Å². The van der Waals surface area contributed by atoms with Crippen LogP contribution in [0.15, 0.2) is 24.3 Å². The van der Waals surface area contributed by atoms with Gasteiger partial charge in [-0.1, -0.05) is 23.7 Å². The van der Waals surface area contributed by atoms with Crippen molar-refractivity contribution in [3.8, 4) is 0 Å². The third-order valence-electron chi connectivity index (χ3n) is 2.20. The summed E-state index contributed by atoms with van der Waals surface area (Å²) < 4.78 is 0. The first-order chi connectivity index (χ1) is 7.43. The van der Waals surface area contributed by atoms with Crippen LogP contribution in [-0.2, 0) is 11.2 Å². The Morgan fingerprint density at radius 1 is 1.50 bits per heavy atom. The molecule has 0 saturated heterocycles. The Bertz CT molecular complexity index is 377. The number of hydrogen-bond acceptors (Lipinski definition) is 2. The number of hydrogen-bond donors (Lipinski definition) is 2. The van der Waals surface area contributed by atoms with Crippen molar-refractivity contribution in [1.29, 1.82) is 0 Å². The number of carbonyl (C=O) groups excluding carboxylic acids is 1. The number of halogens is 1. The maximum Gasteiger partial charge on any atom is 0.234 e. The highest BCUT2D eigenvalue weighted by Crippen LogP contribution is 2.16. The van der Waals surface area contributed by atoms with Crippen LogP contribution in [0.4, 0.5) is 0 Å². The Hall–Kier alpha value is -1.06. The predicted molar refractivity (Wildman–Crippen MR) is 66.4 cm³/mol. The molecule has 4 heteroatoms. The molecular formula is C12H17ClN2O. The van der Waals surface area contributed by atoms with Crippen LogP contribution in [0.25, 0.3) is 0 Å². The first-order valence-corrected chi connectivity index (χ1v) is 5.56. The molecule has 0 fully saturated rings. The lowest BCUT2D eigenvalue weighted by Gasteiger charge is -2.26. The molecule has 1 aromatic rings. The van der Waals surface area contributed by atoms with E-state index < -0.39 is 0 Å². The van der Waals surface area contributed by atoms with Gasteiger partial charge in [-0.15, -0.1) is 0 Å². The van der Waals surface area contributed by atoms with E-state index in [0.29, 0.717) is 5.02 Å². The van der Waals surface area contributed by atoms with Crippen LogP contribution in [0.2, 0.25) is 5.02 Å². The summed E-state index contributed by atoms with van der Waals surface area (Å²) >= 11 is 5.90. The molecule has 0 aliphatic carbocycles. The smallest absolute Gasteiger partial charge is 0.234 e. The van der Waals surface area contributed by atoms with Gasteiger partial charge in [0.1, 0.15) is 0 Å². The van der Waals surface area contributed by atoms with Crippen molar-refractivity contribution in [3.63, 3.8) is 0 Å². The first-order valence-electron chi connectivity index (χ1n) is 5.18. The standard InChI is InChI=1S/C12H17ClN2O/c1-12(2,15-11(16)8-14)7-9-4-3-5-10(13)6-9/h3-6H,7-8,14H2,1-2H3,(H,15,16). The molecular weight excluding hydrogens is 224 g/mol. The van der Waals surface area contributed by atoms with Crippen molar-refractivity contribution in [1.82, 2.24) is 5.32 Å². The molecule has 1 amide bonds. The highest BCUT2D eigenvalue weighted by atomic mass is 35.5. The van der Waals surface area contributed by atoms with Crippen LogP contribution in [0.5, 0.6) is 0 Å². The van der Waals surface area contributed by atoms with Crippen LogP contribution < -0.4 is 11.1 Å². The lowest BCUT2D eigenvalue weighted by atomic mass is 9.95. The van der Waals surface area contributed by atoms with Gasteiger partial charge in [0.25, 0.3) is 0 Å². The van der Waals surface area contributed by atoms with Crippen molar-refractivity contribution in [3.05, 3.63) is 34.9 Å². The van der Waals surface area contributed by atoms with Gasteiger partial charge < -0.3 is 11.1 Å². The maximum absolute atomic E-state index is 11.2. The second-order valence-electron chi connectivity index (χ2n) is 4.44. The average Bonchev–Trinajstić information content (AvgIpc) is 2.15. The fourth-order valence-electron chi connectivity index (χ4n) is 1.63. The number of benzene rings is 1. The van der Waals surface area contributed by atoms with Gasteiger partial charge in [0, 0.05) is 10.6 Å². The minimum Gasteiger partial charge on any atom is -0.350 e. The quantitative estimate of drug-likeness (QED) is 0.842. The zero-order chi connectivity index (χ0) is 12.2. The monoisotopic (exact) mass is 240 g/mol.